The Hall–Kier alpha value is -4.10. The molecule has 0 saturated carbocycles. The predicted molar refractivity (Wildman–Crippen MR) is 199 cm³/mol. The quantitative estimate of drug-likeness (QED) is 0.201. The molecule has 52 heavy (non-hydrogen) atoms. The first kappa shape index (κ1) is 36.3. The molecular formula is C40H46N2O8S2. The molecule has 2 atom stereocenters. The third-order valence-electron chi connectivity index (χ3n) is 10.1. The van der Waals surface area contributed by atoms with E-state index < -0.39 is 19.7 Å². The second kappa shape index (κ2) is 15.5. The van der Waals surface area contributed by atoms with E-state index in [2.05, 4.69) is 34.1 Å². The van der Waals surface area contributed by atoms with Crippen LogP contribution in [0.2, 0.25) is 0 Å². The fourth-order valence-corrected chi connectivity index (χ4v) is 8.73. The van der Waals surface area contributed by atoms with E-state index in [1.54, 1.807) is 24.3 Å². The average Bonchev–Trinajstić information content (AvgIpc) is 3.81. The van der Waals surface area contributed by atoms with E-state index in [0.717, 1.165) is 86.0 Å². The van der Waals surface area contributed by atoms with Gasteiger partial charge in [-0.25, -0.2) is 16.8 Å². The van der Waals surface area contributed by atoms with Crippen molar-refractivity contribution in [2.75, 3.05) is 52.0 Å². The van der Waals surface area contributed by atoms with Gasteiger partial charge < -0.3 is 18.9 Å². The van der Waals surface area contributed by atoms with Gasteiger partial charge in [-0.3, -0.25) is 9.80 Å². The molecule has 4 aromatic carbocycles. The van der Waals surface area contributed by atoms with Crippen molar-refractivity contribution in [3.05, 3.63) is 107 Å². The molecule has 0 aromatic heterocycles. The van der Waals surface area contributed by atoms with Crippen LogP contribution >= 0.6 is 0 Å². The van der Waals surface area contributed by atoms with E-state index in [9.17, 15) is 16.8 Å². The minimum absolute atomic E-state index is 0.348. The maximum absolute atomic E-state index is 11.6. The van der Waals surface area contributed by atoms with Crippen LogP contribution < -0.4 is 18.9 Å². The van der Waals surface area contributed by atoms with E-state index in [1.165, 1.54) is 23.6 Å². The highest BCUT2D eigenvalue weighted by atomic mass is 32.2. The molecule has 4 aliphatic rings. The molecule has 0 spiro atoms. The van der Waals surface area contributed by atoms with Gasteiger partial charge in [0.05, 0.1) is 9.79 Å². The first-order chi connectivity index (χ1) is 25.0. The predicted octanol–water partition coefficient (Wildman–Crippen LogP) is 6.40. The summed E-state index contributed by atoms with van der Waals surface area (Å²) in [5, 5.41) is 0. The zero-order chi connectivity index (χ0) is 36.3. The van der Waals surface area contributed by atoms with E-state index >= 15 is 0 Å². The lowest BCUT2D eigenvalue weighted by molar-refractivity contribution is 0.170. The van der Waals surface area contributed by atoms with Gasteiger partial charge in [-0.2, -0.15) is 0 Å². The van der Waals surface area contributed by atoms with Crippen LogP contribution in [0.25, 0.3) is 0 Å². The molecule has 8 rings (SSSR count). The Balaban J connectivity index is 0.000000162. The van der Waals surface area contributed by atoms with E-state index in [0.29, 0.717) is 48.3 Å². The Bertz CT molecular complexity index is 1940. The highest BCUT2D eigenvalue weighted by molar-refractivity contribution is 7.91. The molecule has 10 nitrogen and oxygen atoms in total. The van der Waals surface area contributed by atoms with Gasteiger partial charge in [-0.15, -0.1) is 0 Å². The maximum Gasteiger partial charge on any atom is 0.175 e. The molecular weight excluding hydrogens is 701 g/mol. The van der Waals surface area contributed by atoms with Gasteiger partial charge in [0.1, 0.15) is 26.4 Å². The van der Waals surface area contributed by atoms with Crippen LogP contribution in [0.15, 0.2) is 94.7 Å². The molecule has 276 valence electrons. The fraction of sp³-hybridized carbons (Fsp3) is 0.400. The normalized spacial score (nSPS) is 20.3. The van der Waals surface area contributed by atoms with Crippen LogP contribution in [0, 0.1) is 0 Å². The van der Waals surface area contributed by atoms with Gasteiger partial charge in [0.2, 0.25) is 0 Å². The molecule has 2 fully saturated rings. The molecule has 2 saturated heterocycles. The van der Waals surface area contributed by atoms with Crippen molar-refractivity contribution in [2.24, 2.45) is 0 Å². The summed E-state index contributed by atoms with van der Waals surface area (Å²) in [6.45, 7) is 6.08. The van der Waals surface area contributed by atoms with Gasteiger partial charge in [0, 0.05) is 37.7 Å². The zero-order valence-electron chi connectivity index (χ0n) is 29.7. The summed E-state index contributed by atoms with van der Waals surface area (Å²) in [4.78, 5) is 5.62. The van der Waals surface area contributed by atoms with Gasteiger partial charge in [0.15, 0.2) is 42.7 Å². The zero-order valence-corrected chi connectivity index (χ0v) is 31.3. The van der Waals surface area contributed by atoms with Crippen molar-refractivity contribution in [1.29, 1.82) is 0 Å². The standard InChI is InChI=1S/2C20H23NO4S/c2*1-26(22,23)17-7-4-15(5-8-17)14-21-10-2-3-18(21)16-6-9-19-20(13-16)25-12-11-24-19/h2*4-9,13,18H,2-3,10-12,14H2,1H3/t2*18-/m10/s1. The first-order valence-electron chi connectivity index (χ1n) is 17.9. The minimum atomic E-state index is -3.15. The lowest BCUT2D eigenvalue weighted by Crippen LogP contribution is -2.23. The molecule has 0 unspecified atom stereocenters. The van der Waals surface area contributed by atoms with Gasteiger partial charge in [-0.1, -0.05) is 36.4 Å². The average molecular weight is 747 g/mol. The molecule has 4 heterocycles. The summed E-state index contributed by atoms with van der Waals surface area (Å²) < 4.78 is 69.1. The number of hydrogen-bond acceptors (Lipinski definition) is 10. The van der Waals surface area contributed by atoms with Crippen LogP contribution in [0.4, 0.5) is 0 Å². The third kappa shape index (κ3) is 8.57. The Morgan fingerprint density at radius 2 is 0.885 bits per heavy atom. The smallest absolute Gasteiger partial charge is 0.175 e. The number of ether oxygens (including phenoxy) is 4. The second-order valence-electron chi connectivity index (χ2n) is 13.9. The van der Waals surface area contributed by atoms with E-state index in [1.807, 2.05) is 36.4 Å². The monoisotopic (exact) mass is 746 g/mol. The number of hydrogen-bond donors (Lipinski definition) is 0. The van der Waals surface area contributed by atoms with Gasteiger partial charge >= 0.3 is 0 Å². The summed E-state index contributed by atoms with van der Waals surface area (Å²) in [5.41, 5.74) is 4.75. The van der Waals surface area contributed by atoms with E-state index in [-0.39, 0.29) is 0 Å². The maximum atomic E-state index is 11.6. The molecule has 4 aromatic rings. The van der Waals surface area contributed by atoms with Crippen molar-refractivity contribution in [3.8, 4) is 23.0 Å². The number of fused-ring (bicyclic) bond motifs is 2. The van der Waals surface area contributed by atoms with Crippen LogP contribution in [-0.4, -0.2) is 78.7 Å². The topological polar surface area (TPSA) is 112 Å². The van der Waals surface area contributed by atoms with Crippen molar-refractivity contribution >= 4 is 19.7 Å². The Morgan fingerprint density at radius 3 is 1.25 bits per heavy atom. The second-order valence-corrected chi connectivity index (χ2v) is 17.9. The van der Waals surface area contributed by atoms with Crippen molar-refractivity contribution in [1.82, 2.24) is 9.80 Å². The summed E-state index contributed by atoms with van der Waals surface area (Å²) in [6.07, 6.45) is 7.00. The van der Waals surface area contributed by atoms with Crippen LogP contribution in [0.3, 0.4) is 0 Å². The molecule has 0 aliphatic carbocycles. The summed E-state index contributed by atoms with van der Waals surface area (Å²) >= 11 is 0. The molecule has 0 N–H and O–H groups in total. The van der Waals surface area contributed by atoms with Gasteiger partial charge in [0.25, 0.3) is 0 Å². The Morgan fingerprint density at radius 1 is 0.519 bits per heavy atom. The lowest BCUT2D eigenvalue weighted by Gasteiger charge is -2.26. The molecule has 4 aliphatic heterocycles. The fourth-order valence-electron chi connectivity index (χ4n) is 7.47. The van der Waals surface area contributed by atoms with Crippen molar-refractivity contribution in [3.63, 3.8) is 0 Å². The largest absolute Gasteiger partial charge is 0.486 e. The highest BCUT2D eigenvalue weighted by Crippen LogP contribution is 2.40. The summed E-state index contributed by atoms with van der Waals surface area (Å²) in [5.74, 6) is 3.30. The van der Waals surface area contributed by atoms with E-state index in [4.69, 9.17) is 18.9 Å². The highest BCUT2D eigenvalue weighted by Gasteiger charge is 2.29. The van der Waals surface area contributed by atoms with Crippen LogP contribution in [-0.2, 0) is 32.8 Å². The number of sulfone groups is 2. The number of benzene rings is 4. The molecule has 12 heteroatoms. The first-order valence-corrected chi connectivity index (χ1v) is 21.6. The van der Waals surface area contributed by atoms with Crippen molar-refractivity contribution in [2.45, 2.75) is 60.6 Å². The summed E-state index contributed by atoms with van der Waals surface area (Å²) in [7, 11) is -6.30. The van der Waals surface area contributed by atoms with Crippen molar-refractivity contribution < 1.29 is 35.8 Å². The Labute approximate surface area is 307 Å². The minimum Gasteiger partial charge on any atom is -0.486 e. The van der Waals surface area contributed by atoms with Crippen LogP contribution in [0.5, 0.6) is 23.0 Å². The number of rotatable bonds is 8. The summed E-state index contributed by atoms with van der Waals surface area (Å²) in [6, 6.07) is 27.6. The molecule has 0 radical (unpaired) electrons. The lowest BCUT2D eigenvalue weighted by atomic mass is 10.0. The molecule has 0 bridgehead atoms. The van der Waals surface area contributed by atoms with Crippen LogP contribution in [0.1, 0.15) is 60.0 Å². The number of nitrogens with zero attached hydrogens (tertiary/aromatic N) is 2. The Kier molecular flexibility index (Phi) is 10.8. The third-order valence-corrected chi connectivity index (χ3v) is 12.4. The number of likely N-dealkylation sites (tertiary alicyclic amines) is 2. The van der Waals surface area contributed by atoms with Gasteiger partial charge in [-0.05, 0) is 110 Å². The SMILES string of the molecule is CS(=O)(=O)c1ccc(CN2CCC[C@@H]2c2ccc3c(c2)OCCO3)cc1.CS(=O)(=O)c1ccc(CN2CCC[C@H]2c2ccc3c(c2)OCCO3)cc1. The molecule has 0 amide bonds.